The minimum absolute atomic E-state index is 0.698. The molecule has 16 heavy (non-hydrogen) atoms. The van der Waals surface area contributed by atoms with Crippen molar-refractivity contribution < 1.29 is 0 Å². The largest absolute Gasteiger partial charge is 0.363 e. The molecule has 0 aliphatic carbocycles. The molecule has 0 radical (unpaired) electrons. The number of pyridine rings is 1. The van der Waals surface area contributed by atoms with Gasteiger partial charge >= 0.3 is 0 Å². The second kappa shape index (κ2) is 4.97. The lowest BCUT2D eigenvalue weighted by molar-refractivity contribution is 0.720. The number of nitrogens with zero attached hydrogens (tertiary/aromatic N) is 3. The minimum atomic E-state index is 0.698. The summed E-state index contributed by atoms with van der Waals surface area (Å²) in [6.07, 6.45) is 3.54. The Morgan fingerprint density at radius 2 is 2.25 bits per heavy atom. The third kappa shape index (κ3) is 2.62. The molecule has 4 nitrogen and oxygen atoms in total. The fraction of sp³-hybridized carbons (Fsp3) is 0.200. The van der Waals surface area contributed by atoms with Gasteiger partial charge in [-0.1, -0.05) is 0 Å². The zero-order valence-corrected chi connectivity index (χ0v) is 11.8. The van der Waals surface area contributed by atoms with Crippen molar-refractivity contribution >= 4 is 37.7 Å². The lowest BCUT2D eigenvalue weighted by atomic mass is 10.4. The highest BCUT2D eigenvalue weighted by atomic mass is 79.9. The summed E-state index contributed by atoms with van der Waals surface area (Å²) >= 11 is 6.82. The first-order valence-electron chi connectivity index (χ1n) is 4.68. The van der Waals surface area contributed by atoms with Crippen molar-refractivity contribution in [3.05, 3.63) is 39.2 Å². The van der Waals surface area contributed by atoms with Crippen LogP contribution in [0.4, 0.5) is 5.82 Å². The molecule has 0 saturated carbocycles. The summed E-state index contributed by atoms with van der Waals surface area (Å²) in [5.41, 5.74) is 1.11. The van der Waals surface area contributed by atoms with E-state index < -0.39 is 0 Å². The van der Waals surface area contributed by atoms with Gasteiger partial charge in [-0.2, -0.15) is 5.10 Å². The summed E-state index contributed by atoms with van der Waals surface area (Å²) in [6.45, 7) is 0.698. The minimum Gasteiger partial charge on any atom is -0.363 e. The maximum absolute atomic E-state index is 4.27. The van der Waals surface area contributed by atoms with Crippen LogP contribution in [0.1, 0.15) is 5.69 Å². The molecule has 1 N–H and O–H groups in total. The number of hydrogen-bond donors (Lipinski definition) is 1. The van der Waals surface area contributed by atoms with Gasteiger partial charge in [0.15, 0.2) is 0 Å². The van der Waals surface area contributed by atoms with Gasteiger partial charge in [0.2, 0.25) is 0 Å². The van der Waals surface area contributed by atoms with Crippen molar-refractivity contribution in [3.8, 4) is 0 Å². The SMILES string of the molecule is Cn1nccc1CNc1ncc(Br)cc1Br. The van der Waals surface area contributed by atoms with Crippen molar-refractivity contribution in [3.63, 3.8) is 0 Å². The van der Waals surface area contributed by atoms with E-state index in [4.69, 9.17) is 0 Å². The monoisotopic (exact) mass is 344 g/mol. The number of nitrogens with one attached hydrogen (secondary N) is 1. The summed E-state index contributed by atoms with van der Waals surface area (Å²) in [6, 6.07) is 3.93. The summed E-state index contributed by atoms with van der Waals surface area (Å²) in [5.74, 6) is 0.824. The molecule has 0 aromatic carbocycles. The van der Waals surface area contributed by atoms with Crippen LogP contribution in [0.3, 0.4) is 0 Å². The molecule has 0 bridgehead atoms. The third-order valence-electron chi connectivity index (χ3n) is 2.17. The molecule has 0 aliphatic rings. The number of halogens is 2. The first-order chi connectivity index (χ1) is 7.66. The number of anilines is 1. The summed E-state index contributed by atoms with van der Waals surface area (Å²) in [4.78, 5) is 4.27. The molecule has 84 valence electrons. The molecule has 0 saturated heterocycles. The van der Waals surface area contributed by atoms with Crippen molar-refractivity contribution in [2.45, 2.75) is 6.54 Å². The van der Waals surface area contributed by atoms with E-state index in [1.54, 1.807) is 12.4 Å². The van der Waals surface area contributed by atoms with E-state index in [9.17, 15) is 0 Å². The maximum atomic E-state index is 4.27. The predicted molar refractivity (Wildman–Crippen MR) is 70.2 cm³/mol. The van der Waals surface area contributed by atoms with Crippen LogP contribution >= 0.6 is 31.9 Å². The van der Waals surface area contributed by atoms with Gasteiger partial charge in [0.05, 0.1) is 16.7 Å². The van der Waals surface area contributed by atoms with Crippen molar-refractivity contribution in [2.75, 3.05) is 5.32 Å². The smallest absolute Gasteiger partial charge is 0.140 e. The Kier molecular flexibility index (Phi) is 3.60. The molecule has 0 unspecified atom stereocenters. The zero-order chi connectivity index (χ0) is 11.5. The highest BCUT2D eigenvalue weighted by molar-refractivity contribution is 9.11. The Morgan fingerprint density at radius 1 is 1.44 bits per heavy atom. The maximum Gasteiger partial charge on any atom is 0.140 e. The van der Waals surface area contributed by atoms with Gasteiger partial charge < -0.3 is 5.32 Å². The highest BCUT2D eigenvalue weighted by Crippen LogP contribution is 2.23. The molecule has 2 aromatic heterocycles. The van der Waals surface area contributed by atoms with Gasteiger partial charge in [-0.05, 0) is 44.0 Å². The number of aromatic nitrogens is 3. The van der Waals surface area contributed by atoms with Crippen LogP contribution in [0.5, 0.6) is 0 Å². The van der Waals surface area contributed by atoms with Crippen LogP contribution in [0.2, 0.25) is 0 Å². The molecule has 0 amide bonds. The summed E-state index contributed by atoms with van der Waals surface area (Å²) < 4.78 is 3.72. The van der Waals surface area contributed by atoms with Gasteiger partial charge in [-0.15, -0.1) is 0 Å². The molecular formula is C10H10Br2N4. The molecule has 0 spiro atoms. The number of aryl methyl sites for hydroxylation is 1. The van der Waals surface area contributed by atoms with Gasteiger partial charge in [-0.25, -0.2) is 4.98 Å². The Morgan fingerprint density at radius 3 is 2.88 bits per heavy atom. The van der Waals surface area contributed by atoms with E-state index in [1.165, 1.54) is 0 Å². The first kappa shape index (κ1) is 11.6. The molecule has 2 heterocycles. The lowest BCUT2D eigenvalue weighted by Crippen LogP contribution is -2.06. The average molecular weight is 346 g/mol. The first-order valence-corrected chi connectivity index (χ1v) is 6.27. The Bertz CT molecular complexity index is 495. The second-order valence-corrected chi connectivity index (χ2v) is 5.05. The average Bonchev–Trinajstić information content (AvgIpc) is 2.63. The van der Waals surface area contributed by atoms with Crippen LogP contribution in [0, 0.1) is 0 Å². The quantitative estimate of drug-likeness (QED) is 0.930. The van der Waals surface area contributed by atoms with Gasteiger partial charge in [0.1, 0.15) is 5.82 Å². The molecule has 2 rings (SSSR count). The fourth-order valence-electron chi connectivity index (χ4n) is 1.29. The summed E-state index contributed by atoms with van der Waals surface area (Å²) in [5, 5.41) is 7.35. The third-order valence-corrected chi connectivity index (χ3v) is 3.21. The Balaban J connectivity index is 2.08. The Labute approximate surface area is 110 Å². The van der Waals surface area contributed by atoms with Gasteiger partial charge in [-0.3, -0.25) is 4.68 Å². The Hall–Kier alpha value is -0.880. The molecule has 0 fully saturated rings. The number of hydrogen-bond acceptors (Lipinski definition) is 3. The van der Waals surface area contributed by atoms with Crippen LogP contribution in [-0.4, -0.2) is 14.8 Å². The van der Waals surface area contributed by atoms with E-state index >= 15 is 0 Å². The molecular weight excluding hydrogens is 336 g/mol. The van der Waals surface area contributed by atoms with E-state index in [2.05, 4.69) is 47.3 Å². The fourth-order valence-corrected chi connectivity index (χ4v) is 2.42. The lowest BCUT2D eigenvalue weighted by Gasteiger charge is -2.07. The van der Waals surface area contributed by atoms with E-state index in [-0.39, 0.29) is 0 Å². The van der Waals surface area contributed by atoms with E-state index in [0.717, 1.165) is 20.5 Å². The van der Waals surface area contributed by atoms with E-state index in [1.807, 2.05) is 23.9 Å². The highest BCUT2D eigenvalue weighted by Gasteiger charge is 2.03. The van der Waals surface area contributed by atoms with Crippen LogP contribution in [0.15, 0.2) is 33.5 Å². The van der Waals surface area contributed by atoms with Crippen molar-refractivity contribution in [2.24, 2.45) is 7.05 Å². The molecule has 0 aliphatic heterocycles. The van der Waals surface area contributed by atoms with Crippen LogP contribution < -0.4 is 5.32 Å². The molecule has 6 heteroatoms. The van der Waals surface area contributed by atoms with Gasteiger partial charge in [0.25, 0.3) is 0 Å². The van der Waals surface area contributed by atoms with Gasteiger partial charge in [0, 0.05) is 23.9 Å². The zero-order valence-electron chi connectivity index (χ0n) is 8.61. The normalized spacial score (nSPS) is 10.4. The van der Waals surface area contributed by atoms with E-state index in [0.29, 0.717) is 6.54 Å². The predicted octanol–water partition coefficient (Wildman–Crippen LogP) is 2.95. The van der Waals surface area contributed by atoms with Crippen LogP contribution in [-0.2, 0) is 13.6 Å². The second-order valence-electron chi connectivity index (χ2n) is 3.28. The summed E-state index contributed by atoms with van der Waals surface area (Å²) in [7, 11) is 1.92. The molecule has 0 atom stereocenters. The van der Waals surface area contributed by atoms with Crippen molar-refractivity contribution in [1.29, 1.82) is 0 Å². The van der Waals surface area contributed by atoms with Crippen molar-refractivity contribution in [1.82, 2.24) is 14.8 Å². The number of rotatable bonds is 3. The van der Waals surface area contributed by atoms with Crippen LogP contribution in [0.25, 0.3) is 0 Å². The standard InChI is InChI=1S/C10H10Br2N4/c1-16-8(2-3-15-16)6-14-10-9(12)4-7(11)5-13-10/h2-5H,6H2,1H3,(H,13,14). The molecule has 2 aromatic rings. The topological polar surface area (TPSA) is 42.7 Å².